The maximum atomic E-state index is 11.8. The van der Waals surface area contributed by atoms with Gasteiger partial charge in [-0.05, 0) is 30.4 Å². The number of nitrogens with zero attached hydrogens (tertiary/aromatic N) is 3. The van der Waals surface area contributed by atoms with Crippen molar-refractivity contribution in [2.45, 2.75) is 5.16 Å². The number of nitrogens with one attached hydrogen (secondary N) is 2. The van der Waals surface area contributed by atoms with Gasteiger partial charge < -0.3 is 4.98 Å². The normalized spacial score (nSPS) is 11.4. The number of allylic oxidation sites excluding steroid dienone is 1. The van der Waals surface area contributed by atoms with Gasteiger partial charge in [0.2, 0.25) is 0 Å². The minimum Gasteiger partial charge on any atom is -0.333 e. The average Bonchev–Trinajstić information content (AvgIpc) is 3.09. The molecule has 8 nitrogen and oxygen atoms in total. The summed E-state index contributed by atoms with van der Waals surface area (Å²) in [6.45, 7) is 0. The van der Waals surface area contributed by atoms with E-state index < -0.39 is 4.92 Å². The standard InChI is InChI=1S/C18H15N5O3S/c24-17(12-27-18-20-14-8-2-3-9-15(14)21-18)22-19-11-5-7-13-6-1-4-10-16(13)23(25)26/h1-11H,12H2,(H,20,21)(H,22,24)/b7-5-,19-11-. The molecule has 3 rings (SSSR count). The topological polar surface area (TPSA) is 113 Å². The molecule has 0 radical (unpaired) electrons. The predicted octanol–water partition coefficient (Wildman–Crippen LogP) is 3.38. The summed E-state index contributed by atoms with van der Waals surface area (Å²) in [5.41, 5.74) is 4.62. The van der Waals surface area contributed by atoms with E-state index in [2.05, 4.69) is 20.5 Å². The van der Waals surface area contributed by atoms with Crippen LogP contribution in [0.2, 0.25) is 0 Å². The van der Waals surface area contributed by atoms with Crippen LogP contribution in [0.3, 0.4) is 0 Å². The van der Waals surface area contributed by atoms with Crippen LogP contribution in [-0.4, -0.2) is 32.8 Å². The molecule has 0 atom stereocenters. The largest absolute Gasteiger partial charge is 0.333 e. The van der Waals surface area contributed by atoms with Gasteiger partial charge in [-0.15, -0.1) is 0 Å². The summed E-state index contributed by atoms with van der Waals surface area (Å²) in [5, 5.41) is 15.4. The van der Waals surface area contributed by atoms with Gasteiger partial charge in [0.25, 0.3) is 11.6 Å². The highest BCUT2D eigenvalue weighted by Crippen LogP contribution is 2.19. The van der Waals surface area contributed by atoms with Crippen LogP contribution >= 0.6 is 11.8 Å². The number of rotatable bonds is 7. The first-order valence-corrected chi connectivity index (χ1v) is 8.91. The van der Waals surface area contributed by atoms with E-state index >= 15 is 0 Å². The molecule has 2 aromatic carbocycles. The summed E-state index contributed by atoms with van der Waals surface area (Å²) in [6, 6.07) is 14.0. The fraction of sp³-hybridized carbons (Fsp3) is 0.0556. The SMILES string of the molecule is O=C(CSc1nc2ccccc2[nH]1)N/N=C\C=C/c1ccccc1[N+](=O)[O-]. The lowest BCUT2D eigenvalue weighted by Crippen LogP contribution is -2.19. The Hall–Kier alpha value is -3.46. The number of carbonyl (C=O) groups is 1. The highest BCUT2D eigenvalue weighted by atomic mass is 32.2. The molecule has 1 aromatic heterocycles. The van der Waals surface area contributed by atoms with E-state index in [9.17, 15) is 14.9 Å². The van der Waals surface area contributed by atoms with Gasteiger partial charge in [-0.25, -0.2) is 10.4 Å². The molecule has 0 aliphatic carbocycles. The molecule has 1 amide bonds. The van der Waals surface area contributed by atoms with Crippen LogP contribution in [0.1, 0.15) is 5.56 Å². The number of nitro benzene ring substituents is 1. The number of hydrogen-bond acceptors (Lipinski definition) is 6. The number of H-pyrrole nitrogens is 1. The van der Waals surface area contributed by atoms with E-state index in [4.69, 9.17) is 0 Å². The number of hydrogen-bond donors (Lipinski definition) is 2. The highest BCUT2D eigenvalue weighted by Gasteiger charge is 2.08. The third-order valence-corrected chi connectivity index (χ3v) is 4.34. The van der Waals surface area contributed by atoms with Gasteiger partial charge in [0, 0.05) is 12.3 Å². The molecule has 136 valence electrons. The van der Waals surface area contributed by atoms with Gasteiger partial charge in [0.1, 0.15) is 0 Å². The number of amides is 1. The van der Waals surface area contributed by atoms with Gasteiger partial charge in [-0.2, -0.15) is 5.10 Å². The smallest absolute Gasteiger partial charge is 0.276 e. The Kier molecular flexibility index (Phi) is 5.95. The van der Waals surface area contributed by atoms with Crippen molar-refractivity contribution in [3.8, 4) is 0 Å². The van der Waals surface area contributed by atoms with Crippen molar-refractivity contribution in [2.24, 2.45) is 5.10 Å². The first kappa shape index (κ1) is 18.3. The fourth-order valence-corrected chi connectivity index (χ4v) is 2.94. The third-order valence-electron chi connectivity index (χ3n) is 3.47. The monoisotopic (exact) mass is 381 g/mol. The molecule has 2 N–H and O–H groups in total. The van der Waals surface area contributed by atoms with Crippen LogP contribution in [0.25, 0.3) is 17.1 Å². The van der Waals surface area contributed by atoms with E-state index in [1.54, 1.807) is 24.3 Å². The van der Waals surface area contributed by atoms with Crippen LogP contribution in [0.15, 0.2) is 64.9 Å². The maximum Gasteiger partial charge on any atom is 0.276 e. The lowest BCUT2D eigenvalue weighted by molar-refractivity contribution is -0.385. The van der Waals surface area contributed by atoms with Crippen molar-refractivity contribution in [1.82, 2.24) is 15.4 Å². The summed E-state index contributed by atoms with van der Waals surface area (Å²) in [4.78, 5) is 29.8. The molecule has 0 aliphatic rings. The summed E-state index contributed by atoms with van der Waals surface area (Å²) >= 11 is 1.27. The quantitative estimate of drug-likeness (QED) is 0.282. The van der Waals surface area contributed by atoms with Crippen LogP contribution in [0.5, 0.6) is 0 Å². The first-order valence-electron chi connectivity index (χ1n) is 7.93. The molecule has 0 saturated carbocycles. The molecular formula is C18H15N5O3S. The number of nitro groups is 1. The second kappa shape index (κ2) is 8.77. The Labute approximate surface area is 158 Å². The second-order valence-corrected chi connectivity index (χ2v) is 6.30. The zero-order valence-corrected chi connectivity index (χ0v) is 14.8. The zero-order chi connectivity index (χ0) is 19.1. The lowest BCUT2D eigenvalue weighted by atomic mass is 10.2. The molecule has 3 aromatic rings. The van der Waals surface area contributed by atoms with Gasteiger partial charge in [-0.3, -0.25) is 14.9 Å². The number of fused-ring (bicyclic) bond motifs is 1. The number of hydrazone groups is 1. The van der Waals surface area contributed by atoms with Crippen molar-refractivity contribution in [3.05, 3.63) is 70.3 Å². The van der Waals surface area contributed by atoms with Crippen molar-refractivity contribution in [2.75, 3.05) is 5.75 Å². The van der Waals surface area contributed by atoms with Crippen LogP contribution in [-0.2, 0) is 4.79 Å². The molecule has 0 fully saturated rings. The molecule has 1 heterocycles. The van der Waals surface area contributed by atoms with E-state index in [1.807, 2.05) is 24.3 Å². The van der Waals surface area contributed by atoms with Crippen molar-refractivity contribution >= 4 is 46.7 Å². The Bertz CT molecular complexity index is 996. The predicted molar refractivity (Wildman–Crippen MR) is 106 cm³/mol. The van der Waals surface area contributed by atoms with E-state index in [1.165, 1.54) is 30.1 Å². The number of aromatic nitrogens is 2. The van der Waals surface area contributed by atoms with Crippen LogP contribution in [0, 0.1) is 10.1 Å². The van der Waals surface area contributed by atoms with Crippen LogP contribution in [0.4, 0.5) is 5.69 Å². The van der Waals surface area contributed by atoms with Crippen molar-refractivity contribution < 1.29 is 9.72 Å². The van der Waals surface area contributed by atoms with Gasteiger partial charge >= 0.3 is 0 Å². The van der Waals surface area contributed by atoms with Gasteiger partial charge in [-0.1, -0.05) is 36.0 Å². The minimum absolute atomic E-state index is 0.00780. The Morgan fingerprint density at radius 2 is 2.04 bits per heavy atom. The summed E-state index contributed by atoms with van der Waals surface area (Å²) < 4.78 is 0. The minimum atomic E-state index is -0.451. The Morgan fingerprint density at radius 3 is 2.85 bits per heavy atom. The molecule has 0 spiro atoms. The average molecular weight is 381 g/mol. The van der Waals surface area contributed by atoms with Crippen molar-refractivity contribution in [1.29, 1.82) is 0 Å². The van der Waals surface area contributed by atoms with E-state index in [0.29, 0.717) is 10.7 Å². The number of benzene rings is 2. The number of thioether (sulfide) groups is 1. The van der Waals surface area contributed by atoms with Gasteiger partial charge in [0.15, 0.2) is 5.16 Å². The summed E-state index contributed by atoms with van der Waals surface area (Å²) in [7, 11) is 0. The zero-order valence-electron chi connectivity index (χ0n) is 14.0. The summed E-state index contributed by atoms with van der Waals surface area (Å²) in [5.74, 6) is -0.124. The lowest BCUT2D eigenvalue weighted by Gasteiger charge is -1.97. The Morgan fingerprint density at radius 1 is 1.26 bits per heavy atom. The second-order valence-electron chi connectivity index (χ2n) is 5.34. The molecule has 0 bridgehead atoms. The molecule has 0 saturated heterocycles. The van der Waals surface area contributed by atoms with E-state index in [-0.39, 0.29) is 17.3 Å². The number of carbonyl (C=O) groups excluding carboxylic acids is 1. The first-order chi connectivity index (χ1) is 13.1. The fourth-order valence-electron chi connectivity index (χ4n) is 2.26. The number of para-hydroxylation sites is 3. The molecule has 27 heavy (non-hydrogen) atoms. The van der Waals surface area contributed by atoms with Gasteiger partial charge in [0.05, 0.1) is 27.3 Å². The third kappa shape index (κ3) is 5.02. The molecular weight excluding hydrogens is 366 g/mol. The van der Waals surface area contributed by atoms with Crippen LogP contribution < -0.4 is 5.43 Å². The number of imidazole rings is 1. The summed E-state index contributed by atoms with van der Waals surface area (Å²) in [6.07, 6.45) is 4.44. The Balaban J connectivity index is 1.48. The highest BCUT2D eigenvalue weighted by molar-refractivity contribution is 7.99. The maximum absolute atomic E-state index is 11.8. The molecule has 0 aliphatic heterocycles. The van der Waals surface area contributed by atoms with Crippen molar-refractivity contribution in [3.63, 3.8) is 0 Å². The van der Waals surface area contributed by atoms with E-state index in [0.717, 1.165) is 11.0 Å². The molecule has 9 heteroatoms. The molecule has 0 unspecified atom stereocenters. The number of aromatic amines is 1.